The fourth-order valence-electron chi connectivity index (χ4n) is 2.83. The number of hydrogen-bond acceptors (Lipinski definition) is 11. The van der Waals surface area contributed by atoms with Crippen molar-refractivity contribution in [2.75, 3.05) is 20.3 Å². The van der Waals surface area contributed by atoms with Gasteiger partial charge < -0.3 is 54.7 Å². The number of hydrogen-bond donors (Lipinski definition) is 7. The summed E-state index contributed by atoms with van der Waals surface area (Å²) in [5.74, 6) is 0. The summed E-state index contributed by atoms with van der Waals surface area (Å²) in [4.78, 5) is 0. The molecule has 2 rings (SSSR count). The number of methoxy groups -OCH3 is 1. The van der Waals surface area contributed by atoms with Crippen molar-refractivity contribution in [1.29, 1.82) is 0 Å². The molecule has 2 aliphatic rings. The zero-order valence-corrected chi connectivity index (χ0v) is 13.0. The molecule has 2 fully saturated rings. The van der Waals surface area contributed by atoms with Gasteiger partial charge in [0.15, 0.2) is 12.6 Å². The van der Waals surface area contributed by atoms with E-state index in [4.69, 9.17) is 18.9 Å². The highest BCUT2D eigenvalue weighted by atomic mass is 16.7. The van der Waals surface area contributed by atoms with E-state index in [1.165, 1.54) is 7.11 Å². The Morgan fingerprint density at radius 3 is 1.92 bits per heavy atom. The standard InChI is InChI=1S/C13H24O11/c1-21-11-6(16)4(2-14)23-13(9(11)19)24-10-5(3-15)22-12(20)8(18)7(10)17/h4-20H,2-3H2,1H3/t4-,5-,6+,7-,8-,9-,10-,11+,12+,13+/m1/s1. The molecule has 0 unspecified atom stereocenters. The van der Waals surface area contributed by atoms with Gasteiger partial charge in [-0.2, -0.15) is 0 Å². The van der Waals surface area contributed by atoms with E-state index in [-0.39, 0.29) is 0 Å². The molecule has 11 heteroatoms. The summed E-state index contributed by atoms with van der Waals surface area (Å²) >= 11 is 0. The fraction of sp³-hybridized carbons (Fsp3) is 1.00. The Labute approximate surface area is 137 Å². The van der Waals surface area contributed by atoms with E-state index in [2.05, 4.69) is 0 Å². The fourth-order valence-corrected chi connectivity index (χ4v) is 2.83. The van der Waals surface area contributed by atoms with Gasteiger partial charge in [-0.05, 0) is 0 Å². The maximum absolute atomic E-state index is 10.2. The van der Waals surface area contributed by atoms with Crippen molar-refractivity contribution in [3.63, 3.8) is 0 Å². The van der Waals surface area contributed by atoms with Crippen molar-refractivity contribution in [2.24, 2.45) is 0 Å². The molecule has 0 aliphatic carbocycles. The molecule has 142 valence electrons. The van der Waals surface area contributed by atoms with E-state index in [0.29, 0.717) is 0 Å². The first-order chi connectivity index (χ1) is 11.3. The molecule has 10 atom stereocenters. The van der Waals surface area contributed by atoms with Crippen LogP contribution in [-0.2, 0) is 18.9 Å². The maximum atomic E-state index is 10.2. The van der Waals surface area contributed by atoms with Crippen LogP contribution in [-0.4, -0.2) is 117 Å². The highest BCUT2D eigenvalue weighted by Crippen LogP contribution is 2.29. The molecular weight excluding hydrogens is 332 g/mol. The van der Waals surface area contributed by atoms with Crippen molar-refractivity contribution in [3.05, 3.63) is 0 Å². The first-order valence-electron chi connectivity index (χ1n) is 7.46. The minimum atomic E-state index is -1.71. The second-order valence-corrected chi connectivity index (χ2v) is 5.74. The average molecular weight is 356 g/mol. The van der Waals surface area contributed by atoms with Gasteiger partial charge in [-0.15, -0.1) is 0 Å². The summed E-state index contributed by atoms with van der Waals surface area (Å²) in [7, 11) is 1.24. The third-order valence-corrected chi connectivity index (χ3v) is 4.22. The van der Waals surface area contributed by atoms with Crippen LogP contribution in [0.25, 0.3) is 0 Å². The van der Waals surface area contributed by atoms with Crippen LogP contribution in [0, 0.1) is 0 Å². The molecule has 0 aromatic rings. The molecule has 11 nitrogen and oxygen atoms in total. The Morgan fingerprint density at radius 2 is 1.38 bits per heavy atom. The van der Waals surface area contributed by atoms with Crippen molar-refractivity contribution in [1.82, 2.24) is 0 Å². The SMILES string of the molecule is CO[C@H]1[C@@H](O)[C@@H](CO)O[C@@H](O[C@H]2[C@H](O)[C@@H](O)[C@@H](O)O[C@@H]2CO)[C@@H]1O. The van der Waals surface area contributed by atoms with E-state index in [1.54, 1.807) is 0 Å². The van der Waals surface area contributed by atoms with Crippen LogP contribution < -0.4 is 0 Å². The first kappa shape index (κ1) is 19.9. The zero-order valence-electron chi connectivity index (χ0n) is 13.0. The summed E-state index contributed by atoms with van der Waals surface area (Å²) < 4.78 is 20.6. The monoisotopic (exact) mass is 356 g/mol. The summed E-state index contributed by atoms with van der Waals surface area (Å²) in [6.07, 6.45) is -14.1. The quantitative estimate of drug-likeness (QED) is 0.251. The number of aliphatic hydroxyl groups excluding tert-OH is 7. The van der Waals surface area contributed by atoms with Crippen LogP contribution in [0.3, 0.4) is 0 Å². The lowest BCUT2D eigenvalue weighted by molar-refractivity contribution is -0.356. The second kappa shape index (κ2) is 8.29. The molecule has 0 aromatic heterocycles. The van der Waals surface area contributed by atoms with Gasteiger partial charge in [-0.25, -0.2) is 0 Å². The van der Waals surface area contributed by atoms with Crippen LogP contribution in [0.1, 0.15) is 0 Å². The van der Waals surface area contributed by atoms with Crippen molar-refractivity contribution in [3.8, 4) is 0 Å². The average Bonchev–Trinajstić information content (AvgIpc) is 2.57. The largest absolute Gasteiger partial charge is 0.394 e. The smallest absolute Gasteiger partial charge is 0.187 e. The molecule has 0 saturated carbocycles. The highest BCUT2D eigenvalue weighted by molar-refractivity contribution is 4.94. The van der Waals surface area contributed by atoms with Crippen LogP contribution in [0.2, 0.25) is 0 Å². The molecule has 7 N–H and O–H groups in total. The Hall–Kier alpha value is -0.440. The van der Waals surface area contributed by atoms with Gasteiger partial charge in [-0.1, -0.05) is 0 Å². The van der Waals surface area contributed by atoms with Crippen LogP contribution >= 0.6 is 0 Å². The zero-order chi connectivity index (χ0) is 18.0. The van der Waals surface area contributed by atoms with Gasteiger partial charge in [0.25, 0.3) is 0 Å². The lowest BCUT2D eigenvalue weighted by Crippen LogP contribution is -2.64. The number of ether oxygens (including phenoxy) is 4. The minimum absolute atomic E-state index is 0.581. The topological polar surface area (TPSA) is 179 Å². The Balaban J connectivity index is 2.14. The molecule has 2 aliphatic heterocycles. The lowest BCUT2D eigenvalue weighted by atomic mass is 9.97. The molecule has 0 bridgehead atoms. The molecule has 2 saturated heterocycles. The Morgan fingerprint density at radius 1 is 0.750 bits per heavy atom. The maximum Gasteiger partial charge on any atom is 0.187 e. The van der Waals surface area contributed by atoms with Gasteiger partial charge in [0.2, 0.25) is 0 Å². The molecule has 2 heterocycles. The third-order valence-electron chi connectivity index (χ3n) is 4.22. The molecular formula is C13H24O11. The van der Waals surface area contributed by atoms with Crippen molar-refractivity contribution >= 4 is 0 Å². The summed E-state index contributed by atoms with van der Waals surface area (Å²) in [6.45, 7) is -1.23. The van der Waals surface area contributed by atoms with E-state index in [1.807, 2.05) is 0 Å². The highest BCUT2D eigenvalue weighted by Gasteiger charge is 2.50. The Kier molecular flexibility index (Phi) is 6.87. The van der Waals surface area contributed by atoms with E-state index in [0.717, 1.165) is 0 Å². The third kappa shape index (κ3) is 3.71. The second-order valence-electron chi connectivity index (χ2n) is 5.74. The molecule has 0 aromatic carbocycles. The first-order valence-corrected chi connectivity index (χ1v) is 7.46. The summed E-state index contributed by atoms with van der Waals surface area (Å²) in [5, 5.41) is 67.8. The van der Waals surface area contributed by atoms with Crippen LogP contribution in [0.15, 0.2) is 0 Å². The van der Waals surface area contributed by atoms with Crippen LogP contribution in [0.4, 0.5) is 0 Å². The Bertz CT molecular complexity index is 394. The summed E-state index contributed by atoms with van der Waals surface area (Å²) in [6, 6.07) is 0. The van der Waals surface area contributed by atoms with Crippen molar-refractivity contribution in [2.45, 2.75) is 61.4 Å². The number of aliphatic hydroxyl groups is 7. The van der Waals surface area contributed by atoms with Gasteiger partial charge in [0.05, 0.1) is 13.2 Å². The number of rotatable bonds is 5. The molecule has 0 amide bonds. The van der Waals surface area contributed by atoms with Gasteiger partial charge in [0, 0.05) is 7.11 Å². The minimum Gasteiger partial charge on any atom is -0.394 e. The van der Waals surface area contributed by atoms with Crippen molar-refractivity contribution < 1.29 is 54.7 Å². The molecule has 24 heavy (non-hydrogen) atoms. The van der Waals surface area contributed by atoms with E-state index < -0.39 is 74.6 Å². The summed E-state index contributed by atoms with van der Waals surface area (Å²) in [5.41, 5.74) is 0. The normalized spacial score (nSPS) is 50.0. The molecule has 0 spiro atoms. The van der Waals surface area contributed by atoms with Gasteiger partial charge >= 0.3 is 0 Å². The predicted molar refractivity (Wildman–Crippen MR) is 73.4 cm³/mol. The van der Waals surface area contributed by atoms with E-state index >= 15 is 0 Å². The lowest BCUT2D eigenvalue weighted by Gasteiger charge is -2.45. The molecule has 0 radical (unpaired) electrons. The van der Waals surface area contributed by atoms with E-state index in [9.17, 15) is 35.7 Å². The van der Waals surface area contributed by atoms with Gasteiger partial charge in [-0.3, -0.25) is 0 Å². The predicted octanol–water partition coefficient (Wildman–Crippen LogP) is -4.74. The van der Waals surface area contributed by atoms with Crippen LogP contribution in [0.5, 0.6) is 0 Å². The van der Waals surface area contributed by atoms with Gasteiger partial charge in [0.1, 0.15) is 48.8 Å².